The molecule has 2 amide bonds. The number of hydrogen-bond acceptors (Lipinski definition) is 4. The van der Waals surface area contributed by atoms with E-state index < -0.39 is 21.8 Å². The number of nitrogens with one attached hydrogen (secondary N) is 1. The summed E-state index contributed by atoms with van der Waals surface area (Å²) in [7, 11) is -3.52. The molecule has 5 N–H and O–H groups in total. The number of nitrogens with two attached hydrogens (primary N) is 2. The Morgan fingerprint density at radius 2 is 1.47 bits per heavy atom. The molecule has 0 bridgehead atoms. The van der Waals surface area contributed by atoms with Crippen molar-refractivity contribution in [3.8, 4) is 0 Å². The summed E-state index contributed by atoms with van der Waals surface area (Å²) >= 11 is 0. The number of anilines is 1. The Hall–Kier alpha value is -2.09. The van der Waals surface area contributed by atoms with Gasteiger partial charge in [-0.25, -0.2) is 8.42 Å². The first-order valence-electron chi connectivity index (χ1n) is 4.41. The lowest BCUT2D eigenvalue weighted by Crippen LogP contribution is -2.17. The maximum atomic E-state index is 11.0. The van der Waals surface area contributed by atoms with Crippen LogP contribution in [0.2, 0.25) is 0 Å². The van der Waals surface area contributed by atoms with Gasteiger partial charge in [-0.05, 0) is 18.2 Å². The number of amides is 2. The molecule has 92 valence electrons. The summed E-state index contributed by atoms with van der Waals surface area (Å²) < 4.78 is 24.2. The Labute approximate surface area is 97.8 Å². The van der Waals surface area contributed by atoms with E-state index in [1.54, 1.807) is 0 Å². The van der Waals surface area contributed by atoms with E-state index in [0.29, 0.717) is 0 Å². The normalized spacial score (nSPS) is 10.9. The molecule has 0 unspecified atom stereocenters. The molecule has 0 aliphatic heterocycles. The molecule has 0 heterocycles. The van der Waals surface area contributed by atoms with Crippen molar-refractivity contribution >= 4 is 27.5 Å². The third-order valence-electron chi connectivity index (χ3n) is 1.81. The largest absolute Gasteiger partial charge is 0.366 e. The highest BCUT2D eigenvalue weighted by Crippen LogP contribution is 2.15. The van der Waals surface area contributed by atoms with Gasteiger partial charge in [0.15, 0.2) is 0 Å². The van der Waals surface area contributed by atoms with Crippen molar-refractivity contribution in [1.29, 1.82) is 0 Å². The molecule has 0 atom stereocenters. The van der Waals surface area contributed by atoms with Gasteiger partial charge in [0.05, 0.1) is 11.9 Å². The van der Waals surface area contributed by atoms with Gasteiger partial charge in [-0.1, -0.05) is 0 Å². The van der Waals surface area contributed by atoms with Crippen LogP contribution in [0.25, 0.3) is 0 Å². The van der Waals surface area contributed by atoms with E-state index in [9.17, 15) is 18.0 Å². The molecule has 17 heavy (non-hydrogen) atoms. The van der Waals surface area contributed by atoms with Crippen LogP contribution in [0, 0.1) is 0 Å². The second kappa shape index (κ2) is 4.42. The molecule has 0 saturated carbocycles. The Morgan fingerprint density at radius 1 is 1.06 bits per heavy atom. The summed E-state index contributed by atoms with van der Waals surface area (Å²) in [6.07, 6.45) is 0.938. The van der Waals surface area contributed by atoms with Crippen LogP contribution in [-0.2, 0) is 10.0 Å². The zero-order valence-corrected chi connectivity index (χ0v) is 9.74. The number of benzene rings is 1. The fourth-order valence-corrected chi connectivity index (χ4v) is 1.73. The second-order valence-electron chi connectivity index (χ2n) is 3.40. The van der Waals surface area contributed by atoms with Gasteiger partial charge in [0.1, 0.15) is 0 Å². The predicted molar refractivity (Wildman–Crippen MR) is 61.9 cm³/mol. The zero-order valence-electron chi connectivity index (χ0n) is 8.93. The molecule has 1 aromatic carbocycles. The van der Waals surface area contributed by atoms with E-state index >= 15 is 0 Å². The molecule has 0 aromatic heterocycles. The minimum absolute atomic E-state index is 0.00699. The minimum atomic E-state index is -3.52. The van der Waals surface area contributed by atoms with Gasteiger partial charge in [0, 0.05) is 11.1 Å². The first-order chi connectivity index (χ1) is 7.69. The average Bonchev–Trinajstić information content (AvgIpc) is 2.14. The van der Waals surface area contributed by atoms with Gasteiger partial charge in [-0.3, -0.25) is 14.3 Å². The van der Waals surface area contributed by atoms with E-state index in [1.165, 1.54) is 18.2 Å². The van der Waals surface area contributed by atoms with Crippen LogP contribution in [0.1, 0.15) is 20.7 Å². The quantitative estimate of drug-likeness (QED) is 0.654. The number of sulfonamides is 1. The Balaban J connectivity index is 3.31. The smallest absolute Gasteiger partial charge is 0.248 e. The Morgan fingerprint density at radius 3 is 1.76 bits per heavy atom. The maximum Gasteiger partial charge on any atom is 0.248 e. The summed E-state index contributed by atoms with van der Waals surface area (Å²) in [5.41, 5.74) is 10.1. The van der Waals surface area contributed by atoms with Gasteiger partial charge in [0.25, 0.3) is 0 Å². The van der Waals surface area contributed by atoms with Crippen LogP contribution in [-0.4, -0.2) is 26.5 Å². The lowest BCUT2D eigenvalue weighted by atomic mass is 10.1. The van der Waals surface area contributed by atoms with Crippen molar-refractivity contribution in [3.63, 3.8) is 0 Å². The van der Waals surface area contributed by atoms with Gasteiger partial charge >= 0.3 is 0 Å². The molecule has 0 aliphatic carbocycles. The highest BCUT2D eigenvalue weighted by molar-refractivity contribution is 7.92. The van der Waals surface area contributed by atoms with Crippen LogP contribution >= 0.6 is 0 Å². The Kier molecular flexibility index (Phi) is 3.37. The lowest BCUT2D eigenvalue weighted by Gasteiger charge is -2.07. The summed E-state index contributed by atoms with van der Waals surface area (Å²) in [5.74, 6) is -1.57. The topological polar surface area (TPSA) is 132 Å². The number of carbonyl (C=O) groups excluding carboxylic acids is 2. The standard InChI is InChI=1S/C9H11N3O4S/c1-17(15,16)12-7-3-5(8(10)13)2-6(4-7)9(11)14/h2-4,12H,1H3,(H2,10,13)(H2,11,14). The third kappa shape index (κ3) is 3.76. The molecule has 0 spiro atoms. The van der Waals surface area contributed by atoms with E-state index in [4.69, 9.17) is 11.5 Å². The van der Waals surface area contributed by atoms with Crippen molar-refractivity contribution in [2.24, 2.45) is 11.5 Å². The van der Waals surface area contributed by atoms with Crippen molar-refractivity contribution in [3.05, 3.63) is 29.3 Å². The van der Waals surface area contributed by atoms with Crippen LogP contribution in [0.5, 0.6) is 0 Å². The number of primary amides is 2. The molecule has 0 aliphatic rings. The van der Waals surface area contributed by atoms with Gasteiger partial charge in [-0.2, -0.15) is 0 Å². The van der Waals surface area contributed by atoms with Crippen LogP contribution in [0.4, 0.5) is 5.69 Å². The number of hydrogen-bond donors (Lipinski definition) is 3. The van der Waals surface area contributed by atoms with Crippen molar-refractivity contribution < 1.29 is 18.0 Å². The average molecular weight is 257 g/mol. The van der Waals surface area contributed by atoms with E-state index in [1.807, 2.05) is 0 Å². The molecular weight excluding hydrogens is 246 g/mol. The lowest BCUT2D eigenvalue weighted by molar-refractivity contribution is 0.0999. The van der Waals surface area contributed by atoms with Crippen molar-refractivity contribution in [2.45, 2.75) is 0 Å². The fourth-order valence-electron chi connectivity index (χ4n) is 1.19. The van der Waals surface area contributed by atoms with Gasteiger partial charge < -0.3 is 11.5 Å². The first-order valence-corrected chi connectivity index (χ1v) is 6.30. The Bertz CT molecular complexity index is 548. The highest BCUT2D eigenvalue weighted by Gasteiger charge is 2.11. The predicted octanol–water partition coefficient (Wildman–Crippen LogP) is -0.744. The molecular formula is C9H11N3O4S. The van der Waals surface area contributed by atoms with E-state index in [0.717, 1.165) is 6.26 Å². The molecule has 0 saturated heterocycles. The SMILES string of the molecule is CS(=O)(=O)Nc1cc(C(N)=O)cc(C(N)=O)c1. The summed E-state index contributed by atoms with van der Waals surface area (Å²) in [6, 6.07) is 3.63. The monoisotopic (exact) mass is 257 g/mol. The fraction of sp³-hybridized carbons (Fsp3) is 0.111. The minimum Gasteiger partial charge on any atom is -0.366 e. The van der Waals surface area contributed by atoms with Gasteiger partial charge in [-0.15, -0.1) is 0 Å². The summed E-state index contributed by atoms with van der Waals surface area (Å²) in [6.45, 7) is 0. The van der Waals surface area contributed by atoms with Crippen molar-refractivity contribution in [1.82, 2.24) is 0 Å². The highest BCUT2D eigenvalue weighted by atomic mass is 32.2. The maximum absolute atomic E-state index is 11.0. The molecule has 1 aromatic rings. The molecule has 0 fully saturated rings. The molecule has 0 radical (unpaired) electrons. The van der Waals surface area contributed by atoms with Crippen LogP contribution in [0.15, 0.2) is 18.2 Å². The van der Waals surface area contributed by atoms with E-state index in [-0.39, 0.29) is 16.8 Å². The summed E-state index contributed by atoms with van der Waals surface area (Å²) in [5, 5.41) is 0. The van der Waals surface area contributed by atoms with Gasteiger partial charge in [0.2, 0.25) is 21.8 Å². The van der Waals surface area contributed by atoms with Crippen LogP contribution < -0.4 is 16.2 Å². The number of rotatable bonds is 4. The zero-order chi connectivity index (χ0) is 13.2. The molecule has 8 heteroatoms. The van der Waals surface area contributed by atoms with Crippen LogP contribution in [0.3, 0.4) is 0 Å². The summed E-state index contributed by atoms with van der Waals surface area (Å²) in [4.78, 5) is 22.0. The third-order valence-corrected chi connectivity index (χ3v) is 2.41. The first kappa shape index (κ1) is 13.0. The number of carbonyl (C=O) groups is 2. The second-order valence-corrected chi connectivity index (χ2v) is 5.15. The molecule has 1 rings (SSSR count). The van der Waals surface area contributed by atoms with E-state index in [2.05, 4.69) is 4.72 Å². The van der Waals surface area contributed by atoms with Crippen molar-refractivity contribution in [2.75, 3.05) is 11.0 Å². The molecule has 7 nitrogen and oxygen atoms in total.